The fourth-order valence-electron chi connectivity index (χ4n) is 1.39. The lowest BCUT2D eigenvalue weighted by Gasteiger charge is -2.18. The number of hydrogen-bond acceptors (Lipinski definition) is 3. The molecule has 3 nitrogen and oxygen atoms in total. The lowest BCUT2D eigenvalue weighted by atomic mass is 10.3. The minimum absolute atomic E-state index is 0.127. The Morgan fingerprint density at radius 3 is 2.22 bits per heavy atom. The van der Waals surface area contributed by atoms with Gasteiger partial charge in [-0.15, -0.1) is 0 Å². The number of ether oxygens (including phenoxy) is 2. The van der Waals surface area contributed by atoms with Crippen molar-refractivity contribution in [2.75, 3.05) is 25.1 Å². The van der Waals surface area contributed by atoms with Crippen LogP contribution in [0.1, 0.15) is 13.8 Å². The lowest BCUT2D eigenvalue weighted by Crippen LogP contribution is -2.26. The second-order valence-electron chi connectivity index (χ2n) is 3.44. The summed E-state index contributed by atoms with van der Waals surface area (Å²) in [5.74, 6) is -3.96. The molecule has 0 aliphatic carbocycles. The normalized spacial score (nSPS) is 11.0. The second kappa shape index (κ2) is 7.23. The van der Waals surface area contributed by atoms with Crippen molar-refractivity contribution in [1.82, 2.24) is 0 Å². The van der Waals surface area contributed by atoms with Crippen molar-refractivity contribution in [3.8, 4) is 0 Å². The molecular formula is C12H16F3NO2. The van der Waals surface area contributed by atoms with Gasteiger partial charge in [0, 0.05) is 13.2 Å². The van der Waals surface area contributed by atoms with Gasteiger partial charge in [0.1, 0.15) is 0 Å². The lowest BCUT2D eigenvalue weighted by molar-refractivity contribution is -0.126. The van der Waals surface area contributed by atoms with E-state index in [0.717, 1.165) is 12.1 Å². The maximum atomic E-state index is 13.3. The summed E-state index contributed by atoms with van der Waals surface area (Å²) in [6.07, 6.45) is -0.562. The van der Waals surface area contributed by atoms with Gasteiger partial charge in [0.05, 0.1) is 12.2 Å². The summed E-state index contributed by atoms with van der Waals surface area (Å²) < 4.78 is 49.4. The van der Waals surface area contributed by atoms with Crippen molar-refractivity contribution in [3.63, 3.8) is 0 Å². The van der Waals surface area contributed by atoms with Crippen LogP contribution >= 0.6 is 0 Å². The Balaban J connectivity index is 2.64. The van der Waals surface area contributed by atoms with Crippen LogP contribution in [0.15, 0.2) is 12.1 Å². The van der Waals surface area contributed by atoms with E-state index in [1.54, 1.807) is 13.8 Å². The van der Waals surface area contributed by atoms with Gasteiger partial charge in [0.2, 0.25) is 0 Å². The molecule has 0 aromatic heterocycles. The number of benzene rings is 1. The Bertz CT molecular complexity index is 382. The predicted molar refractivity (Wildman–Crippen MR) is 61.8 cm³/mol. The average molecular weight is 263 g/mol. The third kappa shape index (κ3) is 3.89. The molecule has 1 aromatic carbocycles. The molecule has 0 atom stereocenters. The molecule has 0 bridgehead atoms. The molecule has 1 rings (SSSR count). The zero-order valence-corrected chi connectivity index (χ0v) is 10.3. The van der Waals surface area contributed by atoms with Gasteiger partial charge in [0.15, 0.2) is 23.7 Å². The topological polar surface area (TPSA) is 30.5 Å². The molecule has 0 unspecified atom stereocenters. The Labute approximate surface area is 104 Å². The molecule has 0 fully saturated rings. The molecule has 0 spiro atoms. The van der Waals surface area contributed by atoms with Crippen molar-refractivity contribution in [2.45, 2.75) is 20.1 Å². The molecule has 0 radical (unpaired) electrons. The van der Waals surface area contributed by atoms with E-state index in [1.807, 2.05) is 0 Å². The smallest absolute Gasteiger partial charge is 0.196 e. The monoisotopic (exact) mass is 263 g/mol. The third-order valence-electron chi connectivity index (χ3n) is 2.20. The third-order valence-corrected chi connectivity index (χ3v) is 2.20. The van der Waals surface area contributed by atoms with Crippen LogP contribution < -0.4 is 5.32 Å². The zero-order chi connectivity index (χ0) is 13.5. The molecule has 0 heterocycles. The molecular weight excluding hydrogens is 247 g/mol. The van der Waals surface area contributed by atoms with Gasteiger partial charge < -0.3 is 14.8 Å². The van der Waals surface area contributed by atoms with Crippen molar-refractivity contribution < 1.29 is 22.6 Å². The van der Waals surface area contributed by atoms with E-state index < -0.39 is 23.7 Å². The Kier molecular flexibility index (Phi) is 5.94. The Hall–Kier alpha value is -1.27. The number of hydrogen-bond donors (Lipinski definition) is 1. The van der Waals surface area contributed by atoms with Crippen molar-refractivity contribution in [1.29, 1.82) is 0 Å². The number of rotatable bonds is 7. The summed E-state index contributed by atoms with van der Waals surface area (Å²) in [4.78, 5) is 0. The highest BCUT2D eigenvalue weighted by Crippen LogP contribution is 2.19. The van der Waals surface area contributed by atoms with E-state index >= 15 is 0 Å². The average Bonchev–Trinajstić information content (AvgIpc) is 2.35. The second-order valence-corrected chi connectivity index (χ2v) is 3.44. The Morgan fingerprint density at radius 1 is 1.06 bits per heavy atom. The van der Waals surface area contributed by atoms with E-state index in [4.69, 9.17) is 9.47 Å². The fraction of sp³-hybridized carbons (Fsp3) is 0.500. The van der Waals surface area contributed by atoms with Gasteiger partial charge in [0.25, 0.3) is 0 Å². The van der Waals surface area contributed by atoms with Crippen LogP contribution in [0.25, 0.3) is 0 Å². The molecule has 0 saturated carbocycles. The maximum absolute atomic E-state index is 13.3. The van der Waals surface area contributed by atoms with Crippen LogP contribution in [0.5, 0.6) is 0 Å². The zero-order valence-electron chi connectivity index (χ0n) is 10.3. The highest BCUT2D eigenvalue weighted by molar-refractivity contribution is 5.45. The molecule has 102 valence electrons. The molecule has 0 aliphatic rings. The number of halogens is 3. The van der Waals surface area contributed by atoms with Crippen LogP contribution in [0.2, 0.25) is 0 Å². The molecule has 0 aliphatic heterocycles. The van der Waals surface area contributed by atoms with E-state index in [0.29, 0.717) is 13.2 Å². The van der Waals surface area contributed by atoms with Crippen molar-refractivity contribution in [2.24, 2.45) is 0 Å². The van der Waals surface area contributed by atoms with Gasteiger partial charge in [-0.2, -0.15) is 0 Å². The van der Waals surface area contributed by atoms with Gasteiger partial charge in [-0.3, -0.25) is 0 Å². The maximum Gasteiger partial charge on any atom is 0.196 e. The highest BCUT2D eigenvalue weighted by atomic mass is 19.2. The SMILES string of the molecule is CCOC(CNc1ccc(F)c(F)c1F)OCC. The fourth-order valence-corrected chi connectivity index (χ4v) is 1.39. The van der Waals surface area contributed by atoms with E-state index in [1.165, 1.54) is 0 Å². The first-order valence-corrected chi connectivity index (χ1v) is 5.70. The van der Waals surface area contributed by atoms with Crippen LogP contribution in [0.3, 0.4) is 0 Å². The molecule has 1 aromatic rings. The van der Waals surface area contributed by atoms with E-state index in [9.17, 15) is 13.2 Å². The van der Waals surface area contributed by atoms with Gasteiger partial charge in [-0.1, -0.05) is 0 Å². The minimum atomic E-state index is -1.50. The summed E-state index contributed by atoms with van der Waals surface area (Å²) in [5, 5.41) is 2.62. The summed E-state index contributed by atoms with van der Waals surface area (Å²) >= 11 is 0. The summed E-state index contributed by atoms with van der Waals surface area (Å²) in [6.45, 7) is 4.61. The summed E-state index contributed by atoms with van der Waals surface area (Å²) in [7, 11) is 0. The summed E-state index contributed by atoms with van der Waals surface area (Å²) in [6, 6.07) is 1.99. The number of anilines is 1. The van der Waals surface area contributed by atoms with Crippen LogP contribution in [0.4, 0.5) is 18.9 Å². The molecule has 1 N–H and O–H groups in total. The summed E-state index contributed by atoms with van der Waals surface area (Å²) in [5.41, 5.74) is -0.127. The molecule has 6 heteroatoms. The minimum Gasteiger partial charge on any atom is -0.377 e. The first-order valence-electron chi connectivity index (χ1n) is 5.70. The molecule has 0 saturated heterocycles. The highest BCUT2D eigenvalue weighted by Gasteiger charge is 2.14. The predicted octanol–water partition coefficient (Wildman–Crippen LogP) is 2.91. The van der Waals surface area contributed by atoms with Gasteiger partial charge in [-0.25, -0.2) is 13.2 Å². The van der Waals surface area contributed by atoms with Gasteiger partial charge >= 0.3 is 0 Å². The Morgan fingerprint density at radius 2 is 1.67 bits per heavy atom. The first kappa shape index (κ1) is 14.8. The van der Waals surface area contributed by atoms with Crippen LogP contribution in [-0.4, -0.2) is 26.0 Å². The van der Waals surface area contributed by atoms with Crippen molar-refractivity contribution in [3.05, 3.63) is 29.6 Å². The largest absolute Gasteiger partial charge is 0.377 e. The van der Waals surface area contributed by atoms with E-state index in [2.05, 4.69) is 5.32 Å². The molecule has 0 amide bonds. The van der Waals surface area contributed by atoms with Crippen molar-refractivity contribution >= 4 is 5.69 Å². The van der Waals surface area contributed by atoms with Gasteiger partial charge in [-0.05, 0) is 26.0 Å². The number of nitrogens with one attached hydrogen (secondary N) is 1. The standard InChI is InChI=1S/C12H16F3NO2/c1-3-17-10(18-4-2)7-16-9-6-5-8(13)11(14)12(9)15/h5-6,10,16H,3-4,7H2,1-2H3. The van der Waals surface area contributed by atoms with E-state index in [-0.39, 0.29) is 12.2 Å². The first-order chi connectivity index (χ1) is 8.60. The van der Waals surface area contributed by atoms with Crippen LogP contribution in [0, 0.1) is 17.5 Å². The quantitative estimate of drug-likeness (QED) is 0.606. The van der Waals surface area contributed by atoms with Crippen LogP contribution in [-0.2, 0) is 9.47 Å². The molecule has 18 heavy (non-hydrogen) atoms.